The van der Waals surface area contributed by atoms with Crippen LogP contribution in [-0.2, 0) is 6.42 Å². The van der Waals surface area contributed by atoms with Crippen LogP contribution in [0.2, 0.25) is 16.6 Å². The Hall–Kier alpha value is -0.743. The summed E-state index contributed by atoms with van der Waals surface area (Å²) in [5.74, 6) is 1.23. The summed E-state index contributed by atoms with van der Waals surface area (Å²) in [6.45, 7) is 14.5. The highest BCUT2D eigenvalue weighted by atomic mass is 32.2. The van der Waals surface area contributed by atoms with Gasteiger partial charge in [0.1, 0.15) is 5.65 Å². The molecular formula is C20H34N2SSi. The summed E-state index contributed by atoms with van der Waals surface area (Å²) in [4.78, 5) is 4.92. The maximum atomic E-state index is 4.92. The molecule has 0 unspecified atom stereocenters. The first kappa shape index (κ1) is 19.6. The van der Waals surface area contributed by atoms with Crippen LogP contribution in [0.15, 0.2) is 24.5 Å². The number of aromatic nitrogens is 2. The second kappa shape index (κ2) is 8.09. The Morgan fingerprint density at radius 1 is 1.08 bits per heavy atom. The highest BCUT2D eigenvalue weighted by Gasteiger charge is 2.45. The SMILES string of the molecule is CSCCCc1cnc2c(ccn2[Si](C(C)C)(C(C)C)C(C)C)c1. The molecule has 0 spiro atoms. The molecule has 0 fully saturated rings. The number of aryl methyl sites for hydroxylation is 1. The van der Waals surface area contributed by atoms with Gasteiger partial charge >= 0.3 is 0 Å². The second-order valence-electron chi connectivity index (χ2n) is 7.89. The summed E-state index contributed by atoms with van der Waals surface area (Å²) >= 11 is 1.92. The summed E-state index contributed by atoms with van der Waals surface area (Å²) in [6, 6.07) is 4.65. The fourth-order valence-electron chi connectivity index (χ4n) is 4.77. The molecular weight excluding hydrogens is 328 g/mol. The minimum atomic E-state index is -1.71. The minimum Gasteiger partial charge on any atom is -0.359 e. The van der Waals surface area contributed by atoms with Crippen LogP contribution in [0, 0.1) is 0 Å². The molecule has 2 nitrogen and oxygen atoms in total. The summed E-state index contributed by atoms with van der Waals surface area (Å²) in [7, 11) is -1.71. The molecule has 2 aromatic heterocycles. The normalized spacial score (nSPS) is 12.9. The molecule has 0 saturated heterocycles. The Balaban J connectivity index is 2.48. The number of hydrogen-bond donors (Lipinski definition) is 0. The van der Waals surface area contributed by atoms with Crippen molar-refractivity contribution in [3.05, 3.63) is 30.1 Å². The number of nitrogens with zero attached hydrogens (tertiary/aromatic N) is 2. The largest absolute Gasteiger partial charge is 0.359 e. The number of fused-ring (bicyclic) bond motifs is 1. The van der Waals surface area contributed by atoms with Gasteiger partial charge in [0.25, 0.3) is 0 Å². The Labute approximate surface area is 153 Å². The van der Waals surface area contributed by atoms with Crippen LogP contribution < -0.4 is 0 Å². The van der Waals surface area contributed by atoms with Gasteiger partial charge in [-0.3, -0.25) is 0 Å². The van der Waals surface area contributed by atoms with Crippen molar-refractivity contribution in [2.45, 2.75) is 71.0 Å². The predicted molar refractivity (Wildman–Crippen MR) is 113 cm³/mol. The molecule has 0 radical (unpaired) electrons. The minimum absolute atomic E-state index is 0.691. The lowest BCUT2D eigenvalue weighted by atomic mass is 10.1. The molecule has 0 aliphatic carbocycles. The van der Waals surface area contributed by atoms with Gasteiger partial charge in [-0.1, -0.05) is 41.5 Å². The number of rotatable bonds is 8. The third-order valence-corrected chi connectivity index (χ3v) is 13.0. The van der Waals surface area contributed by atoms with Gasteiger partial charge in [-0.15, -0.1) is 0 Å². The quantitative estimate of drug-likeness (QED) is 0.402. The third kappa shape index (κ3) is 3.45. The maximum Gasteiger partial charge on any atom is 0.171 e. The van der Waals surface area contributed by atoms with Gasteiger partial charge in [-0.2, -0.15) is 11.8 Å². The average molecular weight is 363 g/mol. The van der Waals surface area contributed by atoms with E-state index in [1.807, 2.05) is 11.8 Å². The van der Waals surface area contributed by atoms with Crippen LogP contribution in [0.3, 0.4) is 0 Å². The Bertz CT molecular complexity index is 639. The van der Waals surface area contributed by atoms with Crippen molar-refractivity contribution in [2.24, 2.45) is 0 Å². The molecule has 0 aromatic carbocycles. The van der Waals surface area contributed by atoms with Crippen molar-refractivity contribution in [2.75, 3.05) is 12.0 Å². The van der Waals surface area contributed by atoms with E-state index in [2.05, 4.69) is 76.6 Å². The Morgan fingerprint density at radius 3 is 2.25 bits per heavy atom. The van der Waals surface area contributed by atoms with Gasteiger partial charge in [0.05, 0.1) is 0 Å². The third-order valence-electron chi connectivity index (χ3n) is 5.59. The van der Waals surface area contributed by atoms with Crippen LogP contribution in [0.5, 0.6) is 0 Å². The zero-order valence-electron chi connectivity index (χ0n) is 16.5. The summed E-state index contributed by atoms with van der Waals surface area (Å²) < 4.78 is 2.61. The lowest BCUT2D eigenvalue weighted by molar-refractivity contribution is 0.770. The highest BCUT2D eigenvalue weighted by molar-refractivity contribution is 7.98. The zero-order valence-corrected chi connectivity index (χ0v) is 18.3. The number of thioether (sulfide) groups is 1. The maximum absolute atomic E-state index is 4.92. The summed E-state index contributed by atoms with van der Waals surface area (Å²) in [6.07, 6.45) is 8.98. The van der Waals surface area contributed by atoms with Gasteiger partial charge in [0, 0.05) is 11.6 Å². The monoisotopic (exact) mass is 362 g/mol. The first-order valence-electron chi connectivity index (χ1n) is 9.31. The molecule has 24 heavy (non-hydrogen) atoms. The van der Waals surface area contributed by atoms with E-state index in [1.54, 1.807) is 0 Å². The zero-order chi connectivity index (χ0) is 17.9. The van der Waals surface area contributed by atoms with Gasteiger partial charge in [-0.05, 0) is 65.4 Å². The lowest BCUT2D eigenvalue weighted by Crippen LogP contribution is -2.51. The molecule has 2 rings (SSSR count). The molecule has 0 amide bonds. The standard InChI is InChI=1S/C20H34N2SSi/c1-15(2)24(16(3)4,17(5)6)22-11-10-19-13-18(9-8-12-23-7)14-21-20(19)22/h10-11,13-17H,8-9,12H2,1-7H3. The van der Waals surface area contributed by atoms with Gasteiger partial charge in [0.2, 0.25) is 0 Å². The molecule has 4 heteroatoms. The smallest absolute Gasteiger partial charge is 0.171 e. The van der Waals surface area contributed by atoms with Crippen LogP contribution in [0.1, 0.15) is 53.5 Å². The fourth-order valence-corrected chi connectivity index (χ4v) is 11.8. The molecule has 134 valence electrons. The van der Waals surface area contributed by atoms with Crippen molar-refractivity contribution in [1.29, 1.82) is 0 Å². The van der Waals surface area contributed by atoms with Crippen molar-refractivity contribution in [3.63, 3.8) is 0 Å². The van der Waals surface area contributed by atoms with E-state index in [-0.39, 0.29) is 0 Å². The summed E-state index contributed by atoms with van der Waals surface area (Å²) in [5, 5.41) is 1.32. The van der Waals surface area contributed by atoms with Gasteiger partial charge < -0.3 is 4.23 Å². The van der Waals surface area contributed by atoms with Crippen LogP contribution in [0.25, 0.3) is 11.0 Å². The molecule has 2 aromatic rings. The topological polar surface area (TPSA) is 17.8 Å². The number of hydrogen-bond acceptors (Lipinski definition) is 2. The molecule has 0 atom stereocenters. The Kier molecular flexibility index (Phi) is 6.60. The van der Waals surface area contributed by atoms with E-state index in [0.717, 1.165) is 6.42 Å². The molecule has 0 bridgehead atoms. The van der Waals surface area contributed by atoms with E-state index in [4.69, 9.17) is 4.98 Å². The van der Waals surface area contributed by atoms with Crippen molar-refractivity contribution in [1.82, 2.24) is 9.22 Å². The van der Waals surface area contributed by atoms with E-state index < -0.39 is 8.24 Å². The van der Waals surface area contributed by atoms with Crippen molar-refractivity contribution < 1.29 is 0 Å². The average Bonchev–Trinajstić information content (AvgIpc) is 2.91. The fraction of sp³-hybridized carbons (Fsp3) is 0.650. The van der Waals surface area contributed by atoms with Crippen molar-refractivity contribution >= 4 is 31.0 Å². The molecule has 0 saturated carbocycles. The van der Waals surface area contributed by atoms with Gasteiger partial charge in [-0.25, -0.2) is 4.98 Å². The highest BCUT2D eigenvalue weighted by Crippen LogP contribution is 2.43. The van der Waals surface area contributed by atoms with Gasteiger partial charge in [0.15, 0.2) is 8.24 Å². The second-order valence-corrected chi connectivity index (χ2v) is 14.6. The van der Waals surface area contributed by atoms with E-state index in [1.165, 1.54) is 28.8 Å². The first-order valence-corrected chi connectivity index (χ1v) is 12.9. The molecule has 2 heterocycles. The summed E-state index contributed by atoms with van der Waals surface area (Å²) in [5.41, 5.74) is 4.65. The van der Waals surface area contributed by atoms with E-state index in [0.29, 0.717) is 16.6 Å². The molecule has 0 aliphatic rings. The molecule has 0 aliphatic heterocycles. The van der Waals surface area contributed by atoms with Crippen LogP contribution in [-0.4, -0.2) is 29.5 Å². The number of pyridine rings is 1. The van der Waals surface area contributed by atoms with E-state index in [9.17, 15) is 0 Å². The molecule has 0 N–H and O–H groups in total. The lowest BCUT2D eigenvalue weighted by Gasteiger charge is -2.44. The van der Waals surface area contributed by atoms with Crippen molar-refractivity contribution in [3.8, 4) is 0 Å². The van der Waals surface area contributed by atoms with E-state index >= 15 is 0 Å². The predicted octanol–water partition coefficient (Wildman–Crippen LogP) is 6.36. The van der Waals surface area contributed by atoms with Crippen LogP contribution in [0.4, 0.5) is 0 Å². The van der Waals surface area contributed by atoms with Crippen LogP contribution >= 0.6 is 11.8 Å². The Morgan fingerprint density at radius 2 is 1.71 bits per heavy atom. The first-order chi connectivity index (χ1) is 11.4.